The molecule has 0 saturated heterocycles. The number of nitrogens with two attached hydrogens (primary N) is 1. The molecule has 0 spiro atoms. The van der Waals surface area contributed by atoms with Crippen molar-refractivity contribution in [1.29, 1.82) is 0 Å². The van der Waals surface area contributed by atoms with Crippen LogP contribution in [0.1, 0.15) is 57.7 Å². The number of rotatable bonds is 8. The quantitative estimate of drug-likeness (QED) is 0.777. The van der Waals surface area contributed by atoms with Gasteiger partial charge in [0.2, 0.25) is 0 Å². The topological polar surface area (TPSA) is 43.8 Å². The maximum Gasteiger partial charge on any atom is 0.0796 e. The predicted molar refractivity (Wildman–Crippen MR) is 88.4 cm³/mol. The van der Waals surface area contributed by atoms with Crippen molar-refractivity contribution in [2.45, 2.75) is 52.0 Å². The largest absolute Gasteiger partial charge is 0.323 e. The molecule has 2 atom stereocenters. The maximum atomic E-state index is 6.36. The Kier molecular flexibility index (Phi) is 6.00. The fraction of sp³-hybridized carbons (Fsp3) is 0.500. The molecule has 1 heterocycles. The summed E-state index contributed by atoms with van der Waals surface area (Å²) in [6, 6.07) is 12.3. The molecular formula is C18H27N3. The van der Waals surface area contributed by atoms with Crippen LogP contribution in [0.25, 0.3) is 5.69 Å². The smallest absolute Gasteiger partial charge is 0.0796 e. The molecule has 0 fully saturated rings. The fourth-order valence-electron chi connectivity index (χ4n) is 2.72. The predicted octanol–water partition coefficient (Wildman–Crippen LogP) is 4.48. The lowest BCUT2D eigenvalue weighted by Gasteiger charge is -2.18. The molecule has 2 aromatic rings. The summed E-state index contributed by atoms with van der Waals surface area (Å²) in [5.74, 6) is 0.710. The van der Waals surface area contributed by atoms with E-state index in [9.17, 15) is 0 Å². The van der Waals surface area contributed by atoms with Gasteiger partial charge in [0, 0.05) is 12.2 Å². The molecule has 0 saturated carbocycles. The van der Waals surface area contributed by atoms with Crippen LogP contribution < -0.4 is 5.73 Å². The molecule has 0 aliphatic carbocycles. The van der Waals surface area contributed by atoms with E-state index in [2.05, 4.69) is 31.1 Å². The van der Waals surface area contributed by atoms with Gasteiger partial charge < -0.3 is 5.73 Å². The van der Waals surface area contributed by atoms with Gasteiger partial charge in [-0.1, -0.05) is 57.7 Å². The highest BCUT2D eigenvalue weighted by Gasteiger charge is 2.15. The maximum absolute atomic E-state index is 6.36. The summed E-state index contributed by atoms with van der Waals surface area (Å²) in [6.07, 6.45) is 8.06. The van der Waals surface area contributed by atoms with Crippen molar-refractivity contribution in [3.8, 4) is 5.69 Å². The zero-order chi connectivity index (χ0) is 15.1. The summed E-state index contributed by atoms with van der Waals surface area (Å²) in [4.78, 5) is 0. The standard InChI is InChI=1S/C18H27N3/c1-3-5-9-15(4-2)14-17(19)18-12-13-21(20-18)16-10-7-6-8-11-16/h6-8,10-13,15,17H,3-5,9,14,19H2,1-2H3. The Morgan fingerprint density at radius 1 is 1.14 bits per heavy atom. The molecule has 3 heteroatoms. The zero-order valence-corrected chi connectivity index (χ0v) is 13.2. The molecular weight excluding hydrogens is 258 g/mol. The minimum atomic E-state index is 0.0387. The second kappa shape index (κ2) is 7.99. The third-order valence-electron chi connectivity index (χ3n) is 4.14. The second-order valence-electron chi connectivity index (χ2n) is 5.78. The van der Waals surface area contributed by atoms with Gasteiger partial charge in [0.15, 0.2) is 0 Å². The molecule has 0 aliphatic heterocycles. The average Bonchev–Trinajstić information content (AvgIpc) is 3.02. The number of benzene rings is 1. The summed E-state index contributed by atoms with van der Waals surface area (Å²) in [5, 5.41) is 4.64. The fourth-order valence-corrected chi connectivity index (χ4v) is 2.72. The number of unbranched alkanes of at least 4 members (excludes halogenated alkanes) is 1. The Morgan fingerprint density at radius 3 is 2.57 bits per heavy atom. The summed E-state index contributed by atoms with van der Waals surface area (Å²) < 4.78 is 1.90. The van der Waals surface area contributed by atoms with Gasteiger partial charge in [-0.3, -0.25) is 0 Å². The van der Waals surface area contributed by atoms with Gasteiger partial charge >= 0.3 is 0 Å². The third kappa shape index (κ3) is 4.43. The van der Waals surface area contributed by atoms with E-state index in [0.29, 0.717) is 5.92 Å². The Bertz CT molecular complexity index is 518. The summed E-state index contributed by atoms with van der Waals surface area (Å²) >= 11 is 0. The first-order chi connectivity index (χ1) is 10.2. The van der Waals surface area contributed by atoms with E-state index >= 15 is 0 Å². The molecule has 2 rings (SSSR count). The lowest BCUT2D eigenvalue weighted by molar-refractivity contribution is 0.385. The number of hydrogen-bond donors (Lipinski definition) is 1. The second-order valence-corrected chi connectivity index (χ2v) is 5.78. The van der Waals surface area contributed by atoms with Crippen molar-refractivity contribution in [3.63, 3.8) is 0 Å². The van der Waals surface area contributed by atoms with Crippen molar-refractivity contribution >= 4 is 0 Å². The normalized spacial score (nSPS) is 14.0. The highest BCUT2D eigenvalue weighted by molar-refractivity contribution is 5.30. The van der Waals surface area contributed by atoms with Gasteiger partial charge in [0.05, 0.1) is 11.4 Å². The number of nitrogens with zero attached hydrogens (tertiary/aromatic N) is 2. The van der Waals surface area contributed by atoms with E-state index in [1.807, 2.05) is 35.1 Å². The van der Waals surface area contributed by atoms with E-state index in [-0.39, 0.29) is 6.04 Å². The van der Waals surface area contributed by atoms with Crippen LogP contribution in [0.3, 0.4) is 0 Å². The van der Waals surface area contributed by atoms with Crippen LogP contribution in [0.5, 0.6) is 0 Å². The van der Waals surface area contributed by atoms with Crippen LogP contribution in [0, 0.1) is 5.92 Å². The highest BCUT2D eigenvalue weighted by Crippen LogP contribution is 2.24. The van der Waals surface area contributed by atoms with Crippen LogP contribution in [0.2, 0.25) is 0 Å². The van der Waals surface area contributed by atoms with E-state index in [1.165, 1.54) is 25.7 Å². The lowest BCUT2D eigenvalue weighted by atomic mass is 9.91. The summed E-state index contributed by atoms with van der Waals surface area (Å²) in [7, 11) is 0. The molecule has 3 nitrogen and oxygen atoms in total. The van der Waals surface area contributed by atoms with Crippen LogP contribution in [-0.4, -0.2) is 9.78 Å². The molecule has 2 N–H and O–H groups in total. The summed E-state index contributed by atoms with van der Waals surface area (Å²) in [6.45, 7) is 4.50. The van der Waals surface area contributed by atoms with Gasteiger partial charge in [0.25, 0.3) is 0 Å². The van der Waals surface area contributed by atoms with Crippen LogP contribution in [0.4, 0.5) is 0 Å². The van der Waals surface area contributed by atoms with Crippen molar-refractivity contribution in [2.75, 3.05) is 0 Å². The summed E-state index contributed by atoms with van der Waals surface area (Å²) in [5.41, 5.74) is 8.43. The first-order valence-electron chi connectivity index (χ1n) is 8.11. The molecule has 0 radical (unpaired) electrons. The number of para-hydroxylation sites is 1. The zero-order valence-electron chi connectivity index (χ0n) is 13.2. The van der Waals surface area contributed by atoms with Crippen molar-refractivity contribution < 1.29 is 0 Å². The van der Waals surface area contributed by atoms with Gasteiger partial charge in [-0.15, -0.1) is 0 Å². The Labute approximate surface area is 128 Å². The van der Waals surface area contributed by atoms with Gasteiger partial charge in [0.1, 0.15) is 0 Å². The van der Waals surface area contributed by atoms with Gasteiger partial charge in [-0.25, -0.2) is 4.68 Å². The van der Waals surface area contributed by atoms with E-state index in [0.717, 1.165) is 17.8 Å². The SMILES string of the molecule is CCCCC(CC)CC(N)c1ccn(-c2ccccc2)n1. The minimum Gasteiger partial charge on any atom is -0.323 e. The van der Waals surface area contributed by atoms with E-state index < -0.39 is 0 Å². The molecule has 21 heavy (non-hydrogen) atoms. The van der Waals surface area contributed by atoms with Crippen LogP contribution >= 0.6 is 0 Å². The van der Waals surface area contributed by atoms with Crippen LogP contribution in [-0.2, 0) is 0 Å². The first-order valence-corrected chi connectivity index (χ1v) is 8.11. The lowest BCUT2D eigenvalue weighted by Crippen LogP contribution is -2.16. The Hall–Kier alpha value is -1.61. The number of aromatic nitrogens is 2. The Morgan fingerprint density at radius 2 is 1.90 bits per heavy atom. The van der Waals surface area contributed by atoms with Crippen molar-refractivity contribution in [2.24, 2.45) is 11.7 Å². The molecule has 2 unspecified atom stereocenters. The highest BCUT2D eigenvalue weighted by atomic mass is 15.3. The van der Waals surface area contributed by atoms with Gasteiger partial charge in [-0.2, -0.15) is 5.10 Å². The molecule has 0 amide bonds. The van der Waals surface area contributed by atoms with Crippen molar-refractivity contribution in [1.82, 2.24) is 9.78 Å². The van der Waals surface area contributed by atoms with Gasteiger partial charge in [-0.05, 0) is 30.5 Å². The molecule has 114 valence electrons. The van der Waals surface area contributed by atoms with E-state index in [1.54, 1.807) is 0 Å². The molecule has 0 aliphatic rings. The Balaban J connectivity index is 2.00. The first kappa shape index (κ1) is 15.8. The molecule has 1 aromatic carbocycles. The monoisotopic (exact) mass is 285 g/mol. The van der Waals surface area contributed by atoms with Crippen molar-refractivity contribution in [3.05, 3.63) is 48.3 Å². The third-order valence-corrected chi connectivity index (χ3v) is 4.14. The average molecular weight is 285 g/mol. The van der Waals surface area contributed by atoms with Crippen LogP contribution in [0.15, 0.2) is 42.6 Å². The number of hydrogen-bond acceptors (Lipinski definition) is 2. The molecule has 0 bridgehead atoms. The van der Waals surface area contributed by atoms with E-state index in [4.69, 9.17) is 5.73 Å². The molecule has 1 aromatic heterocycles. The minimum absolute atomic E-state index is 0.0387.